The van der Waals surface area contributed by atoms with Gasteiger partial charge in [-0.2, -0.15) is 0 Å². The van der Waals surface area contributed by atoms with Crippen molar-refractivity contribution in [2.24, 2.45) is 0 Å². The van der Waals surface area contributed by atoms with Gasteiger partial charge in [0.1, 0.15) is 10.7 Å². The third kappa shape index (κ3) is 3.07. The minimum absolute atomic E-state index is 0.223. The van der Waals surface area contributed by atoms with Gasteiger partial charge < -0.3 is 4.74 Å². The Labute approximate surface area is 103 Å². The maximum Gasteiger partial charge on any atom is 0.305 e. The summed E-state index contributed by atoms with van der Waals surface area (Å²) in [7, 11) is 1.38. The lowest BCUT2D eigenvalue weighted by atomic mass is 10.2. The van der Waals surface area contributed by atoms with Gasteiger partial charge in [-0.1, -0.05) is 0 Å². The number of hydrogen-bond donors (Lipinski definition) is 0. The maximum absolute atomic E-state index is 11.0. The van der Waals surface area contributed by atoms with Crippen LogP contribution < -0.4 is 0 Å². The van der Waals surface area contributed by atoms with Crippen LogP contribution >= 0.6 is 11.3 Å². The smallest absolute Gasteiger partial charge is 0.305 e. The number of esters is 1. The summed E-state index contributed by atoms with van der Waals surface area (Å²) in [5.41, 5.74) is 1.63. The largest absolute Gasteiger partial charge is 0.469 e. The van der Waals surface area contributed by atoms with Crippen LogP contribution in [-0.2, 0) is 16.0 Å². The van der Waals surface area contributed by atoms with Crippen molar-refractivity contribution in [3.8, 4) is 10.7 Å². The van der Waals surface area contributed by atoms with E-state index in [1.165, 1.54) is 18.4 Å². The predicted molar refractivity (Wildman–Crippen MR) is 63.5 cm³/mol. The molecule has 0 bridgehead atoms. The van der Waals surface area contributed by atoms with E-state index in [1.807, 2.05) is 5.38 Å². The molecule has 0 atom stereocenters. The zero-order chi connectivity index (χ0) is 12.1. The molecule has 2 aromatic rings. The van der Waals surface area contributed by atoms with Crippen molar-refractivity contribution in [3.05, 3.63) is 29.7 Å². The second kappa shape index (κ2) is 5.49. The Balaban J connectivity index is 2.04. The standard InChI is InChI=1S/C11H11N3O2S/c1-16-10(15)3-2-8-7-17-11(14-8)9-6-12-4-5-13-9/h4-7H,2-3H2,1H3. The molecule has 0 radical (unpaired) electrons. The van der Waals surface area contributed by atoms with Gasteiger partial charge in [-0.05, 0) is 0 Å². The number of nitrogens with zero attached hydrogens (tertiary/aromatic N) is 3. The Morgan fingerprint density at radius 2 is 2.35 bits per heavy atom. The fourth-order valence-electron chi connectivity index (χ4n) is 1.28. The highest BCUT2D eigenvalue weighted by atomic mass is 32.1. The van der Waals surface area contributed by atoms with E-state index in [0.29, 0.717) is 12.8 Å². The first kappa shape index (κ1) is 11.7. The SMILES string of the molecule is COC(=O)CCc1csc(-c2cnccn2)n1. The zero-order valence-corrected chi connectivity index (χ0v) is 10.1. The first-order valence-corrected chi connectivity index (χ1v) is 5.95. The second-order valence-electron chi connectivity index (χ2n) is 3.31. The Hall–Kier alpha value is -1.82. The summed E-state index contributed by atoms with van der Waals surface area (Å²) in [5, 5.41) is 2.74. The molecule has 0 aliphatic rings. The minimum Gasteiger partial charge on any atom is -0.469 e. The lowest BCUT2D eigenvalue weighted by Gasteiger charge is -1.96. The molecule has 2 aromatic heterocycles. The number of ether oxygens (including phenoxy) is 1. The van der Waals surface area contributed by atoms with E-state index in [9.17, 15) is 4.79 Å². The van der Waals surface area contributed by atoms with Crippen molar-refractivity contribution in [2.75, 3.05) is 7.11 Å². The van der Waals surface area contributed by atoms with Gasteiger partial charge in [0.05, 0.1) is 25.4 Å². The lowest BCUT2D eigenvalue weighted by molar-refractivity contribution is -0.140. The van der Waals surface area contributed by atoms with Crippen molar-refractivity contribution in [2.45, 2.75) is 12.8 Å². The Morgan fingerprint density at radius 3 is 3.06 bits per heavy atom. The third-order valence-electron chi connectivity index (χ3n) is 2.15. The number of carbonyl (C=O) groups excluding carboxylic acids is 1. The molecule has 17 heavy (non-hydrogen) atoms. The monoisotopic (exact) mass is 249 g/mol. The first-order valence-electron chi connectivity index (χ1n) is 5.07. The van der Waals surface area contributed by atoms with Crippen LogP contribution in [0, 0.1) is 0 Å². The minimum atomic E-state index is -0.223. The van der Waals surface area contributed by atoms with Crippen LogP contribution in [0.3, 0.4) is 0 Å². The number of aromatic nitrogens is 3. The highest BCUT2D eigenvalue weighted by molar-refractivity contribution is 7.13. The highest BCUT2D eigenvalue weighted by Gasteiger charge is 2.07. The van der Waals surface area contributed by atoms with Gasteiger partial charge in [0.25, 0.3) is 0 Å². The summed E-state index contributed by atoms with van der Waals surface area (Å²) < 4.78 is 4.58. The number of aryl methyl sites for hydroxylation is 1. The van der Waals surface area contributed by atoms with E-state index >= 15 is 0 Å². The molecule has 0 unspecified atom stereocenters. The van der Waals surface area contributed by atoms with Crippen LogP contribution in [-0.4, -0.2) is 28.0 Å². The molecule has 2 rings (SSSR count). The summed E-state index contributed by atoms with van der Waals surface area (Å²) in [6, 6.07) is 0. The Morgan fingerprint density at radius 1 is 1.47 bits per heavy atom. The molecule has 0 amide bonds. The summed E-state index contributed by atoms with van der Waals surface area (Å²) in [4.78, 5) is 23.5. The van der Waals surface area contributed by atoms with Crippen LogP contribution in [0.25, 0.3) is 10.7 Å². The number of rotatable bonds is 4. The molecule has 0 N–H and O–H groups in total. The maximum atomic E-state index is 11.0. The Bertz CT molecular complexity index is 498. The number of hydrogen-bond acceptors (Lipinski definition) is 6. The van der Waals surface area contributed by atoms with Gasteiger partial charge in [0.2, 0.25) is 0 Å². The van der Waals surface area contributed by atoms with E-state index in [4.69, 9.17) is 0 Å². The topological polar surface area (TPSA) is 65.0 Å². The Kier molecular flexibility index (Phi) is 3.77. The van der Waals surface area contributed by atoms with Gasteiger partial charge in [0.15, 0.2) is 0 Å². The zero-order valence-electron chi connectivity index (χ0n) is 9.29. The molecule has 0 aliphatic carbocycles. The normalized spacial score (nSPS) is 10.2. The van der Waals surface area contributed by atoms with E-state index in [2.05, 4.69) is 19.7 Å². The summed E-state index contributed by atoms with van der Waals surface area (Å²) in [6.07, 6.45) is 5.85. The van der Waals surface area contributed by atoms with Crippen molar-refractivity contribution in [1.82, 2.24) is 15.0 Å². The number of carbonyl (C=O) groups is 1. The van der Waals surface area contributed by atoms with Crippen LogP contribution in [0.2, 0.25) is 0 Å². The molecule has 0 saturated heterocycles. The van der Waals surface area contributed by atoms with Gasteiger partial charge in [-0.3, -0.25) is 14.8 Å². The van der Waals surface area contributed by atoms with Gasteiger partial charge in [-0.25, -0.2) is 4.98 Å². The average molecular weight is 249 g/mol. The van der Waals surface area contributed by atoms with E-state index in [1.54, 1.807) is 18.6 Å². The summed E-state index contributed by atoms with van der Waals surface area (Å²) in [5.74, 6) is -0.223. The molecule has 0 saturated carbocycles. The van der Waals surface area contributed by atoms with Crippen LogP contribution in [0.1, 0.15) is 12.1 Å². The van der Waals surface area contributed by atoms with E-state index in [0.717, 1.165) is 16.4 Å². The number of thiazole rings is 1. The van der Waals surface area contributed by atoms with Crippen molar-refractivity contribution in [3.63, 3.8) is 0 Å². The predicted octanol–water partition coefficient (Wildman–Crippen LogP) is 1.71. The molecule has 0 fully saturated rings. The average Bonchev–Trinajstić information content (AvgIpc) is 2.86. The highest BCUT2D eigenvalue weighted by Crippen LogP contribution is 2.21. The molecular formula is C11H11N3O2S. The molecule has 5 nitrogen and oxygen atoms in total. The van der Waals surface area contributed by atoms with E-state index < -0.39 is 0 Å². The fraction of sp³-hybridized carbons (Fsp3) is 0.273. The summed E-state index contributed by atoms with van der Waals surface area (Å²) in [6.45, 7) is 0. The van der Waals surface area contributed by atoms with Gasteiger partial charge in [0, 0.05) is 24.2 Å². The first-order chi connectivity index (χ1) is 8.29. The summed E-state index contributed by atoms with van der Waals surface area (Å²) >= 11 is 1.50. The van der Waals surface area contributed by atoms with Crippen molar-refractivity contribution in [1.29, 1.82) is 0 Å². The van der Waals surface area contributed by atoms with Crippen molar-refractivity contribution >= 4 is 17.3 Å². The lowest BCUT2D eigenvalue weighted by Crippen LogP contribution is -2.01. The molecule has 2 heterocycles. The molecular weight excluding hydrogens is 238 g/mol. The molecule has 6 heteroatoms. The molecule has 0 spiro atoms. The van der Waals surface area contributed by atoms with Crippen LogP contribution in [0.15, 0.2) is 24.0 Å². The quantitative estimate of drug-likeness (QED) is 0.772. The van der Waals surface area contributed by atoms with E-state index in [-0.39, 0.29) is 5.97 Å². The fourth-order valence-corrected chi connectivity index (χ4v) is 2.10. The van der Waals surface area contributed by atoms with Crippen LogP contribution in [0.5, 0.6) is 0 Å². The van der Waals surface area contributed by atoms with Crippen LogP contribution in [0.4, 0.5) is 0 Å². The molecule has 88 valence electrons. The van der Waals surface area contributed by atoms with Crippen molar-refractivity contribution < 1.29 is 9.53 Å². The second-order valence-corrected chi connectivity index (χ2v) is 4.17. The number of methoxy groups -OCH3 is 1. The van der Waals surface area contributed by atoms with Gasteiger partial charge in [-0.15, -0.1) is 11.3 Å². The van der Waals surface area contributed by atoms with Gasteiger partial charge >= 0.3 is 5.97 Å². The third-order valence-corrected chi connectivity index (χ3v) is 3.06. The molecule has 0 aliphatic heterocycles. The molecule has 0 aromatic carbocycles.